The number of benzene rings is 10. The van der Waals surface area contributed by atoms with Crippen molar-refractivity contribution in [2.45, 2.75) is 0 Å². The molecule has 2 aromatic heterocycles. The highest BCUT2D eigenvalue weighted by Crippen LogP contribution is 2.39. The lowest BCUT2D eigenvalue weighted by molar-refractivity contribution is 1.17. The molecule has 0 aliphatic carbocycles. The van der Waals surface area contributed by atoms with Gasteiger partial charge in [-0.25, -0.2) is 0 Å². The molecule has 3 heteroatoms. The summed E-state index contributed by atoms with van der Waals surface area (Å²) in [5.41, 5.74) is 11.9. The van der Waals surface area contributed by atoms with E-state index in [1.165, 1.54) is 86.6 Å². The van der Waals surface area contributed by atoms with Gasteiger partial charge in [0.1, 0.15) is 0 Å². The second-order valence-corrected chi connectivity index (χ2v) is 20.2. The van der Waals surface area contributed by atoms with E-state index in [1.807, 2.05) is 0 Å². The van der Waals surface area contributed by atoms with Crippen molar-refractivity contribution < 1.29 is 0 Å². The largest absolute Gasteiger partial charge is 0.309 e. The van der Waals surface area contributed by atoms with Crippen LogP contribution in [0.4, 0.5) is 0 Å². The molecule has 0 aliphatic rings. The first-order valence-corrected chi connectivity index (χ1v) is 23.8. The van der Waals surface area contributed by atoms with Gasteiger partial charge in [-0.05, 0) is 85.5 Å². The zero-order chi connectivity index (χ0) is 41.7. The molecule has 0 saturated carbocycles. The second-order valence-electron chi connectivity index (χ2n) is 16.5. The van der Waals surface area contributed by atoms with Gasteiger partial charge in [0.05, 0.1) is 22.1 Å². The molecule has 12 aromatic rings. The Balaban J connectivity index is 1.20. The van der Waals surface area contributed by atoms with Crippen LogP contribution in [-0.4, -0.2) is 17.2 Å². The summed E-state index contributed by atoms with van der Waals surface area (Å²) in [6, 6.07) is 94.4. The van der Waals surface area contributed by atoms with Gasteiger partial charge in [0.25, 0.3) is 0 Å². The van der Waals surface area contributed by atoms with Crippen molar-refractivity contribution in [3.63, 3.8) is 0 Å². The quantitative estimate of drug-likeness (QED) is 0.107. The average molecular weight is 819 g/mol. The van der Waals surface area contributed by atoms with Gasteiger partial charge in [0, 0.05) is 32.9 Å². The maximum atomic E-state index is 2.59. The van der Waals surface area contributed by atoms with Crippen molar-refractivity contribution in [2.24, 2.45) is 0 Å². The van der Waals surface area contributed by atoms with E-state index in [0.29, 0.717) is 0 Å². The molecule has 12 rings (SSSR count). The summed E-state index contributed by atoms with van der Waals surface area (Å²) in [5, 5.41) is 10.4. The van der Waals surface area contributed by atoms with Gasteiger partial charge in [0.2, 0.25) is 0 Å². The Morgan fingerprint density at radius 1 is 0.254 bits per heavy atom. The molecule has 2 nitrogen and oxygen atoms in total. The van der Waals surface area contributed by atoms with Crippen LogP contribution in [0.25, 0.3) is 77.2 Å². The van der Waals surface area contributed by atoms with Crippen LogP contribution < -0.4 is 20.7 Å². The van der Waals surface area contributed by atoms with Crippen LogP contribution in [0, 0.1) is 0 Å². The zero-order valence-corrected chi connectivity index (χ0v) is 35.6. The fourth-order valence-corrected chi connectivity index (χ4v) is 15.3. The van der Waals surface area contributed by atoms with E-state index in [9.17, 15) is 0 Å². The molecule has 0 unspecified atom stereocenters. The predicted molar refractivity (Wildman–Crippen MR) is 270 cm³/mol. The molecule has 0 spiro atoms. The van der Waals surface area contributed by atoms with Crippen molar-refractivity contribution in [1.29, 1.82) is 0 Å². The van der Waals surface area contributed by atoms with Crippen molar-refractivity contribution in [3.8, 4) is 33.6 Å². The maximum Gasteiger partial charge on any atom is 0.181 e. The zero-order valence-electron chi connectivity index (χ0n) is 34.6. The molecule has 0 saturated heterocycles. The average Bonchev–Trinajstić information content (AvgIpc) is 3.88. The molecular weight excluding hydrogens is 777 g/mol. The molecule has 0 aliphatic heterocycles. The standard InChI is InChI=1S/C60H42N2Si/c1-6-20-43(21-7-1)45-24-18-25-47(40-45)61-56-34-17-16-32-52(56)55-42-48(37-39-57(55)61)62-58-41-46(44-22-8-2-9-23-44)36-38-53(58)54-33-19-35-59(60(54)62)63(49-26-10-3-11-27-49,50-28-12-4-13-29-50)51-30-14-5-15-31-51/h1-42H. The first-order valence-electron chi connectivity index (χ1n) is 21.8. The first-order chi connectivity index (χ1) is 31.3. The number of fused-ring (bicyclic) bond motifs is 6. The Bertz CT molecular complexity index is 3500. The number of aromatic nitrogens is 2. The summed E-state index contributed by atoms with van der Waals surface area (Å²) in [6.45, 7) is 0. The monoisotopic (exact) mass is 818 g/mol. The highest BCUT2D eigenvalue weighted by Gasteiger charge is 2.43. The maximum absolute atomic E-state index is 2.96. The minimum absolute atomic E-state index is 1.14. The van der Waals surface area contributed by atoms with E-state index in [4.69, 9.17) is 0 Å². The topological polar surface area (TPSA) is 9.86 Å². The Morgan fingerprint density at radius 2 is 0.730 bits per heavy atom. The summed E-state index contributed by atoms with van der Waals surface area (Å²) in [6.07, 6.45) is 0. The minimum atomic E-state index is -2.96. The lowest BCUT2D eigenvalue weighted by atomic mass is 10.0. The Labute approximate surface area is 368 Å². The van der Waals surface area contributed by atoms with E-state index in [0.717, 1.165) is 11.4 Å². The van der Waals surface area contributed by atoms with E-state index < -0.39 is 8.07 Å². The van der Waals surface area contributed by atoms with Crippen LogP contribution >= 0.6 is 0 Å². The summed E-state index contributed by atoms with van der Waals surface area (Å²) in [4.78, 5) is 0. The van der Waals surface area contributed by atoms with E-state index in [2.05, 4.69) is 264 Å². The van der Waals surface area contributed by atoms with Crippen molar-refractivity contribution >= 4 is 72.4 Å². The fourth-order valence-electron chi connectivity index (χ4n) is 10.3. The van der Waals surface area contributed by atoms with E-state index >= 15 is 0 Å². The van der Waals surface area contributed by atoms with Crippen LogP contribution in [0.3, 0.4) is 0 Å². The van der Waals surface area contributed by atoms with E-state index in [-0.39, 0.29) is 0 Å². The van der Waals surface area contributed by atoms with Crippen LogP contribution in [0.2, 0.25) is 0 Å². The molecule has 2 heterocycles. The fraction of sp³-hybridized carbons (Fsp3) is 0. The minimum Gasteiger partial charge on any atom is -0.309 e. The molecular formula is C60H42N2Si. The molecule has 10 aromatic carbocycles. The third kappa shape index (κ3) is 5.93. The number of rotatable bonds is 8. The number of nitrogens with zero attached hydrogens (tertiary/aromatic N) is 2. The van der Waals surface area contributed by atoms with Gasteiger partial charge in [-0.1, -0.05) is 212 Å². The van der Waals surface area contributed by atoms with Gasteiger partial charge in [-0.15, -0.1) is 0 Å². The second kappa shape index (κ2) is 15.2. The predicted octanol–water partition coefficient (Wildman–Crippen LogP) is 12.6. The van der Waals surface area contributed by atoms with Gasteiger partial charge < -0.3 is 9.13 Å². The lowest BCUT2D eigenvalue weighted by Crippen LogP contribution is -2.75. The van der Waals surface area contributed by atoms with Crippen LogP contribution in [-0.2, 0) is 0 Å². The molecule has 0 N–H and O–H groups in total. The van der Waals surface area contributed by atoms with Gasteiger partial charge >= 0.3 is 0 Å². The third-order valence-electron chi connectivity index (χ3n) is 13.0. The molecule has 0 radical (unpaired) electrons. The van der Waals surface area contributed by atoms with Crippen LogP contribution in [0.5, 0.6) is 0 Å². The molecule has 63 heavy (non-hydrogen) atoms. The normalized spacial score (nSPS) is 11.8. The number of hydrogen-bond acceptors (Lipinski definition) is 0. The van der Waals surface area contributed by atoms with Crippen LogP contribution in [0.15, 0.2) is 255 Å². The molecule has 0 bridgehead atoms. The van der Waals surface area contributed by atoms with Crippen LogP contribution in [0.1, 0.15) is 0 Å². The summed E-state index contributed by atoms with van der Waals surface area (Å²) in [5.74, 6) is 0. The first kappa shape index (κ1) is 36.8. The van der Waals surface area contributed by atoms with E-state index in [1.54, 1.807) is 0 Å². The SMILES string of the molecule is c1ccc(-c2cccc(-n3c4ccccc4c4cc(-n5c6cc(-c7ccccc7)ccc6c6cccc([Si](c7ccccc7)(c7ccccc7)c7ccccc7)c65)ccc43)c2)cc1. The molecule has 0 atom stereocenters. The summed E-state index contributed by atoms with van der Waals surface area (Å²) < 4.78 is 5.02. The molecule has 0 fully saturated rings. The summed E-state index contributed by atoms with van der Waals surface area (Å²) >= 11 is 0. The summed E-state index contributed by atoms with van der Waals surface area (Å²) in [7, 11) is -2.96. The Kier molecular flexibility index (Phi) is 8.87. The van der Waals surface area contributed by atoms with Gasteiger partial charge in [-0.2, -0.15) is 0 Å². The number of para-hydroxylation sites is 2. The van der Waals surface area contributed by atoms with Crippen molar-refractivity contribution in [2.75, 3.05) is 0 Å². The lowest BCUT2D eigenvalue weighted by Gasteiger charge is -2.35. The van der Waals surface area contributed by atoms with Gasteiger partial charge in [0.15, 0.2) is 8.07 Å². The Hall–Kier alpha value is -7.98. The molecule has 296 valence electrons. The van der Waals surface area contributed by atoms with Gasteiger partial charge in [-0.3, -0.25) is 0 Å². The van der Waals surface area contributed by atoms with Crippen molar-refractivity contribution in [1.82, 2.24) is 9.13 Å². The van der Waals surface area contributed by atoms with Crippen molar-refractivity contribution in [3.05, 3.63) is 255 Å². The smallest absolute Gasteiger partial charge is 0.181 e. The highest BCUT2D eigenvalue weighted by molar-refractivity contribution is 7.20. The number of hydrogen-bond donors (Lipinski definition) is 0. The highest BCUT2D eigenvalue weighted by atomic mass is 28.3. The third-order valence-corrected chi connectivity index (χ3v) is 17.9. The Morgan fingerprint density at radius 3 is 1.37 bits per heavy atom. The molecule has 0 amide bonds.